The fraction of sp³-hybridized carbons (Fsp3) is 0.517. The van der Waals surface area contributed by atoms with Crippen LogP contribution in [0.1, 0.15) is 61.0 Å². The summed E-state index contributed by atoms with van der Waals surface area (Å²) in [6, 6.07) is 7.31. The maximum Gasteiger partial charge on any atom is 0.340 e. The first-order valence-electron chi connectivity index (χ1n) is 12.8. The van der Waals surface area contributed by atoms with Gasteiger partial charge in [0.05, 0.1) is 26.4 Å². The van der Waals surface area contributed by atoms with E-state index in [1.807, 2.05) is 38.1 Å². The topological polar surface area (TPSA) is 97.4 Å². The van der Waals surface area contributed by atoms with Crippen molar-refractivity contribution in [2.45, 2.75) is 54.8 Å². The SMILES string of the molecule is CCOC(COP(=O)(C(=O)c1c(C)cc(C)cc1C)C(=O)c1c(C)cc(C)cc1C)OCCOCCOC. The van der Waals surface area contributed by atoms with E-state index in [0.717, 1.165) is 11.1 Å². The molecule has 0 aliphatic carbocycles. The van der Waals surface area contributed by atoms with Crippen molar-refractivity contribution in [2.75, 3.05) is 46.8 Å². The first kappa shape index (κ1) is 32.0. The van der Waals surface area contributed by atoms with E-state index in [2.05, 4.69) is 0 Å². The van der Waals surface area contributed by atoms with Crippen molar-refractivity contribution in [3.8, 4) is 0 Å². The number of methoxy groups -OCH3 is 1. The van der Waals surface area contributed by atoms with Gasteiger partial charge in [0.25, 0.3) is 11.0 Å². The number of hydrogen-bond acceptors (Lipinski definition) is 8. The number of ether oxygens (including phenoxy) is 4. The molecule has 0 heterocycles. The average molecular weight is 549 g/mol. The van der Waals surface area contributed by atoms with Crippen molar-refractivity contribution in [2.24, 2.45) is 0 Å². The van der Waals surface area contributed by atoms with Gasteiger partial charge in [-0.25, -0.2) is 0 Å². The van der Waals surface area contributed by atoms with Gasteiger partial charge in [-0.15, -0.1) is 0 Å². The lowest BCUT2D eigenvalue weighted by Crippen LogP contribution is -2.27. The molecule has 1 unspecified atom stereocenters. The van der Waals surface area contributed by atoms with E-state index in [1.165, 1.54) is 0 Å². The van der Waals surface area contributed by atoms with Crippen molar-refractivity contribution in [1.82, 2.24) is 0 Å². The molecule has 2 aromatic carbocycles. The minimum atomic E-state index is -4.60. The monoisotopic (exact) mass is 548 g/mol. The molecular weight excluding hydrogens is 507 g/mol. The molecule has 0 N–H and O–H groups in total. The summed E-state index contributed by atoms with van der Waals surface area (Å²) in [6.07, 6.45) is -0.944. The maximum absolute atomic E-state index is 14.5. The van der Waals surface area contributed by atoms with Crippen LogP contribution in [0.3, 0.4) is 0 Å². The van der Waals surface area contributed by atoms with E-state index < -0.39 is 24.7 Å². The van der Waals surface area contributed by atoms with Gasteiger partial charge in [0.15, 0.2) is 6.29 Å². The minimum Gasteiger partial charge on any atom is -0.382 e. The second-order valence-corrected chi connectivity index (χ2v) is 11.5. The molecule has 210 valence electrons. The molecule has 0 aromatic heterocycles. The molecule has 9 heteroatoms. The van der Waals surface area contributed by atoms with E-state index in [4.69, 9.17) is 23.5 Å². The van der Waals surface area contributed by atoms with Gasteiger partial charge in [-0.1, -0.05) is 35.4 Å². The molecule has 0 aliphatic heterocycles. The molecule has 0 bridgehead atoms. The Balaban J connectivity index is 2.42. The quantitative estimate of drug-likeness (QED) is 0.146. The van der Waals surface area contributed by atoms with E-state index in [0.29, 0.717) is 35.5 Å². The van der Waals surface area contributed by atoms with Gasteiger partial charge in [0.2, 0.25) is 0 Å². The first-order valence-corrected chi connectivity index (χ1v) is 14.4. The van der Waals surface area contributed by atoms with Crippen LogP contribution in [0.5, 0.6) is 0 Å². The van der Waals surface area contributed by atoms with Crippen LogP contribution in [-0.4, -0.2) is 64.1 Å². The number of aryl methyl sites for hydroxylation is 6. The third-order valence-corrected chi connectivity index (χ3v) is 8.05. The molecule has 1 atom stereocenters. The highest BCUT2D eigenvalue weighted by Gasteiger charge is 2.45. The molecule has 2 rings (SSSR count). The Kier molecular flexibility index (Phi) is 12.5. The highest BCUT2D eigenvalue weighted by molar-refractivity contribution is 7.91. The number of rotatable bonds is 16. The summed E-state index contributed by atoms with van der Waals surface area (Å²) >= 11 is 0. The van der Waals surface area contributed by atoms with Gasteiger partial charge in [-0.2, -0.15) is 0 Å². The summed E-state index contributed by atoms with van der Waals surface area (Å²) in [5.41, 5.74) is 3.26. The molecule has 0 aliphatic rings. The molecule has 0 fully saturated rings. The van der Waals surface area contributed by atoms with E-state index in [9.17, 15) is 14.2 Å². The van der Waals surface area contributed by atoms with Crippen LogP contribution >= 0.6 is 7.37 Å². The molecule has 8 nitrogen and oxygen atoms in total. The maximum atomic E-state index is 14.5. The van der Waals surface area contributed by atoms with Crippen molar-refractivity contribution in [3.05, 3.63) is 68.8 Å². The van der Waals surface area contributed by atoms with Crippen LogP contribution in [-0.2, 0) is 28.0 Å². The van der Waals surface area contributed by atoms with E-state index in [1.54, 1.807) is 41.7 Å². The molecule has 0 saturated carbocycles. The van der Waals surface area contributed by atoms with Crippen LogP contribution < -0.4 is 0 Å². The van der Waals surface area contributed by atoms with Gasteiger partial charge in [-0.3, -0.25) is 14.2 Å². The van der Waals surface area contributed by atoms with Crippen molar-refractivity contribution in [1.29, 1.82) is 0 Å². The number of carbonyl (C=O) groups is 2. The summed E-state index contributed by atoms with van der Waals surface area (Å²) in [5.74, 6) is 0. The van der Waals surface area contributed by atoms with Crippen LogP contribution in [0.15, 0.2) is 24.3 Å². The Bertz CT molecular complexity index is 1050. The zero-order valence-electron chi connectivity index (χ0n) is 23.8. The van der Waals surface area contributed by atoms with Crippen molar-refractivity contribution in [3.63, 3.8) is 0 Å². The standard InChI is InChI=1S/C29H41O8P/c1-9-35-25(36-13-12-34-11-10-33-8)18-37-38(32,28(30)26-21(4)14-19(2)15-22(26)5)29(31)27-23(6)16-20(3)17-24(27)7/h14-17,25H,9-13,18H2,1-8H3. The predicted octanol–water partition coefficient (Wildman–Crippen LogP) is 5.85. The number of carbonyl (C=O) groups excluding carboxylic acids is 2. The summed E-state index contributed by atoms with van der Waals surface area (Å²) in [4.78, 5) is 27.9. The summed E-state index contributed by atoms with van der Waals surface area (Å²) in [5, 5.41) is 0. The van der Waals surface area contributed by atoms with Crippen LogP contribution in [0, 0.1) is 41.5 Å². The molecular formula is C29H41O8P. The molecule has 38 heavy (non-hydrogen) atoms. The van der Waals surface area contributed by atoms with Crippen LogP contribution in [0.25, 0.3) is 0 Å². The highest BCUT2D eigenvalue weighted by atomic mass is 31.2. The van der Waals surface area contributed by atoms with Crippen molar-refractivity contribution >= 4 is 18.4 Å². The average Bonchev–Trinajstić information content (AvgIpc) is 2.82. The number of hydrogen-bond donors (Lipinski definition) is 0. The molecule has 0 amide bonds. The van der Waals surface area contributed by atoms with Crippen LogP contribution in [0.4, 0.5) is 0 Å². The molecule has 0 spiro atoms. The predicted molar refractivity (Wildman–Crippen MR) is 148 cm³/mol. The summed E-state index contributed by atoms with van der Waals surface area (Å²) in [6.45, 7) is 13.9. The second kappa shape index (κ2) is 14.8. The van der Waals surface area contributed by atoms with Gasteiger partial charge >= 0.3 is 7.37 Å². The summed E-state index contributed by atoms with van der Waals surface area (Å²) < 4.78 is 41.9. The Morgan fingerprint density at radius 2 is 1.18 bits per heavy atom. The third kappa shape index (κ3) is 8.15. The van der Waals surface area contributed by atoms with Crippen LogP contribution in [0.2, 0.25) is 0 Å². The highest BCUT2D eigenvalue weighted by Crippen LogP contribution is 2.54. The zero-order valence-corrected chi connectivity index (χ0v) is 24.7. The van der Waals surface area contributed by atoms with Gasteiger partial charge in [-0.05, 0) is 70.7 Å². The minimum absolute atomic E-state index is 0.177. The van der Waals surface area contributed by atoms with E-state index >= 15 is 0 Å². The molecule has 0 radical (unpaired) electrons. The Morgan fingerprint density at radius 3 is 1.61 bits per heavy atom. The smallest absolute Gasteiger partial charge is 0.340 e. The largest absolute Gasteiger partial charge is 0.382 e. The van der Waals surface area contributed by atoms with Gasteiger partial charge in [0, 0.05) is 24.8 Å². The molecule has 0 saturated heterocycles. The summed E-state index contributed by atoms with van der Waals surface area (Å²) in [7, 11) is -3.01. The first-order chi connectivity index (χ1) is 18.0. The lowest BCUT2D eigenvalue weighted by atomic mass is 10.0. The lowest BCUT2D eigenvalue weighted by Gasteiger charge is -2.23. The zero-order chi connectivity index (χ0) is 28.5. The fourth-order valence-corrected chi connectivity index (χ4v) is 6.56. The lowest BCUT2D eigenvalue weighted by molar-refractivity contribution is -0.162. The van der Waals surface area contributed by atoms with Gasteiger partial charge in [0.1, 0.15) is 6.61 Å². The second-order valence-electron chi connectivity index (χ2n) is 9.37. The third-order valence-electron chi connectivity index (χ3n) is 6.02. The fourth-order valence-electron chi connectivity index (χ4n) is 4.52. The van der Waals surface area contributed by atoms with E-state index in [-0.39, 0.29) is 37.6 Å². The molecule has 2 aromatic rings. The van der Waals surface area contributed by atoms with Crippen molar-refractivity contribution < 1.29 is 37.6 Å². The van der Waals surface area contributed by atoms with Gasteiger partial charge < -0.3 is 23.5 Å². The Labute approximate surface area is 226 Å². The Hall–Kier alpha value is -2.19. The normalized spacial score (nSPS) is 12.5. The number of benzene rings is 2. The Morgan fingerprint density at radius 1 is 0.737 bits per heavy atom.